The number of nitrogens with zero attached hydrogens (tertiary/aromatic N) is 3. The molecule has 0 saturated carbocycles. The molecule has 1 aliphatic rings. The molecule has 0 aliphatic carbocycles. The van der Waals surface area contributed by atoms with E-state index in [-0.39, 0.29) is 17.8 Å². The van der Waals surface area contributed by atoms with Crippen LogP contribution in [0, 0.1) is 12.7 Å². The smallest absolute Gasteiger partial charge is 0.255 e. The van der Waals surface area contributed by atoms with E-state index in [0.717, 1.165) is 30.8 Å². The van der Waals surface area contributed by atoms with E-state index in [1.165, 1.54) is 16.9 Å². The number of amides is 1. The molecule has 3 aromatic rings. The minimum absolute atomic E-state index is 0.00683. The van der Waals surface area contributed by atoms with Crippen LogP contribution in [0.2, 0.25) is 0 Å². The van der Waals surface area contributed by atoms with Crippen LogP contribution in [0.15, 0.2) is 54.7 Å². The van der Waals surface area contributed by atoms with Gasteiger partial charge in [-0.1, -0.05) is 24.3 Å². The highest BCUT2D eigenvalue weighted by Gasteiger charge is 2.25. The zero-order valence-corrected chi connectivity index (χ0v) is 17.1. The number of aromatic nitrogens is 2. The van der Waals surface area contributed by atoms with Gasteiger partial charge in [0.15, 0.2) is 0 Å². The van der Waals surface area contributed by atoms with Crippen LogP contribution in [0.25, 0.3) is 5.69 Å². The van der Waals surface area contributed by atoms with Crippen LogP contribution in [-0.4, -0.2) is 41.9 Å². The number of carbonyl (C=O) groups is 1. The number of rotatable bonds is 5. The van der Waals surface area contributed by atoms with Crippen LogP contribution in [0.1, 0.15) is 28.9 Å². The highest BCUT2D eigenvalue weighted by molar-refractivity contribution is 5.95. The number of anilines is 1. The summed E-state index contributed by atoms with van der Waals surface area (Å²) in [5.41, 5.74) is 2.42. The van der Waals surface area contributed by atoms with E-state index in [1.54, 1.807) is 32.2 Å². The highest BCUT2D eigenvalue weighted by atomic mass is 19.1. The lowest BCUT2D eigenvalue weighted by atomic mass is 10.0. The average Bonchev–Trinajstić information content (AvgIpc) is 3.15. The van der Waals surface area contributed by atoms with Gasteiger partial charge in [-0.25, -0.2) is 9.07 Å². The predicted molar refractivity (Wildman–Crippen MR) is 114 cm³/mol. The molecule has 4 rings (SSSR count). The first-order valence-corrected chi connectivity index (χ1v) is 10.1. The molecule has 0 bridgehead atoms. The average molecular weight is 408 g/mol. The summed E-state index contributed by atoms with van der Waals surface area (Å²) < 4.78 is 21.1. The lowest BCUT2D eigenvalue weighted by Crippen LogP contribution is -2.48. The molecule has 1 atom stereocenters. The Hall–Kier alpha value is -3.35. The van der Waals surface area contributed by atoms with Crippen molar-refractivity contribution in [2.45, 2.75) is 25.8 Å². The van der Waals surface area contributed by atoms with Crippen LogP contribution in [0.3, 0.4) is 0 Å². The van der Waals surface area contributed by atoms with Gasteiger partial charge in [-0.15, -0.1) is 0 Å². The van der Waals surface area contributed by atoms with Gasteiger partial charge in [-0.05, 0) is 44.0 Å². The summed E-state index contributed by atoms with van der Waals surface area (Å²) in [7, 11) is 1.66. The van der Waals surface area contributed by atoms with E-state index < -0.39 is 0 Å². The van der Waals surface area contributed by atoms with Gasteiger partial charge < -0.3 is 15.0 Å². The molecule has 6 nitrogen and oxygen atoms in total. The number of hydrogen-bond acceptors (Lipinski definition) is 4. The van der Waals surface area contributed by atoms with Crippen molar-refractivity contribution in [3.05, 3.63) is 71.8 Å². The number of nitrogens with one attached hydrogen (secondary N) is 1. The maximum absolute atomic E-state index is 14.1. The Balaban J connectivity index is 1.49. The zero-order valence-electron chi connectivity index (χ0n) is 17.1. The van der Waals surface area contributed by atoms with Gasteiger partial charge in [0.25, 0.3) is 5.91 Å². The maximum atomic E-state index is 14.1. The number of benzene rings is 2. The monoisotopic (exact) mass is 408 g/mol. The van der Waals surface area contributed by atoms with Crippen LogP contribution in [0.5, 0.6) is 5.75 Å². The summed E-state index contributed by atoms with van der Waals surface area (Å²) in [6.45, 7) is 3.39. The molecule has 1 saturated heterocycles. The Morgan fingerprint density at radius 3 is 2.67 bits per heavy atom. The number of hydrogen-bond donors (Lipinski definition) is 1. The van der Waals surface area contributed by atoms with Gasteiger partial charge in [-0.2, -0.15) is 5.10 Å². The number of piperidine rings is 1. The molecule has 0 spiro atoms. The molecule has 30 heavy (non-hydrogen) atoms. The Morgan fingerprint density at radius 1 is 1.17 bits per heavy atom. The minimum Gasteiger partial charge on any atom is -0.495 e. The fraction of sp³-hybridized carbons (Fsp3) is 0.304. The topological polar surface area (TPSA) is 59.4 Å². The summed E-state index contributed by atoms with van der Waals surface area (Å²) in [6, 6.07) is 14.3. The number of carbonyl (C=O) groups excluding carboxylic acids is 1. The first-order valence-electron chi connectivity index (χ1n) is 10.1. The minimum atomic E-state index is -0.379. The normalized spacial score (nSPS) is 16.4. The van der Waals surface area contributed by atoms with Crippen LogP contribution in [-0.2, 0) is 0 Å². The highest BCUT2D eigenvalue weighted by Crippen LogP contribution is 2.30. The van der Waals surface area contributed by atoms with Crippen LogP contribution in [0.4, 0.5) is 10.1 Å². The van der Waals surface area contributed by atoms with E-state index >= 15 is 0 Å². The second-order valence-electron chi connectivity index (χ2n) is 7.44. The fourth-order valence-corrected chi connectivity index (χ4v) is 3.97. The second kappa shape index (κ2) is 8.57. The second-order valence-corrected chi connectivity index (χ2v) is 7.44. The van der Waals surface area contributed by atoms with Crippen molar-refractivity contribution in [1.29, 1.82) is 0 Å². The third kappa shape index (κ3) is 3.87. The molecule has 156 valence electrons. The molecule has 2 heterocycles. The van der Waals surface area contributed by atoms with E-state index in [9.17, 15) is 9.18 Å². The Bertz CT molecular complexity index is 1050. The van der Waals surface area contributed by atoms with Gasteiger partial charge >= 0.3 is 0 Å². The Morgan fingerprint density at radius 2 is 1.90 bits per heavy atom. The summed E-state index contributed by atoms with van der Waals surface area (Å²) in [4.78, 5) is 15.2. The molecular weight excluding hydrogens is 383 g/mol. The predicted octanol–water partition coefficient (Wildman–Crippen LogP) is 3.73. The van der Waals surface area contributed by atoms with Crippen molar-refractivity contribution in [3.63, 3.8) is 0 Å². The lowest BCUT2D eigenvalue weighted by molar-refractivity contribution is 0.0932. The summed E-state index contributed by atoms with van der Waals surface area (Å²) in [6.07, 6.45) is 3.37. The largest absolute Gasteiger partial charge is 0.495 e. The van der Waals surface area contributed by atoms with Crippen molar-refractivity contribution >= 4 is 11.6 Å². The van der Waals surface area contributed by atoms with Gasteiger partial charge in [0, 0.05) is 19.1 Å². The molecule has 0 radical (unpaired) electrons. The molecule has 1 amide bonds. The zero-order chi connectivity index (χ0) is 21.1. The van der Waals surface area contributed by atoms with Crippen molar-refractivity contribution in [2.24, 2.45) is 0 Å². The Kier molecular flexibility index (Phi) is 5.70. The summed E-state index contributed by atoms with van der Waals surface area (Å²) in [5.74, 6) is 0.254. The van der Waals surface area contributed by atoms with Crippen molar-refractivity contribution < 1.29 is 13.9 Å². The van der Waals surface area contributed by atoms with E-state index in [0.29, 0.717) is 23.5 Å². The van der Waals surface area contributed by atoms with E-state index in [2.05, 4.69) is 15.3 Å². The SMILES string of the molecule is COc1ccccc1N1CCCC(NC(=O)c2cnn(-c3ccccc3F)c2C)C1. The van der Waals surface area contributed by atoms with Crippen LogP contribution < -0.4 is 15.0 Å². The number of methoxy groups -OCH3 is 1. The third-order valence-electron chi connectivity index (χ3n) is 5.52. The molecule has 2 aromatic carbocycles. The van der Waals surface area contributed by atoms with E-state index in [1.807, 2.05) is 24.3 Å². The molecule has 1 aromatic heterocycles. The molecule has 1 aliphatic heterocycles. The number of para-hydroxylation sites is 3. The van der Waals surface area contributed by atoms with Crippen molar-refractivity contribution in [3.8, 4) is 11.4 Å². The van der Waals surface area contributed by atoms with Gasteiger partial charge in [0.2, 0.25) is 0 Å². The quantitative estimate of drug-likeness (QED) is 0.699. The molecule has 1 N–H and O–H groups in total. The Labute approximate surface area is 175 Å². The van der Waals surface area contributed by atoms with Gasteiger partial charge in [0.05, 0.1) is 30.3 Å². The molecule has 7 heteroatoms. The first-order chi connectivity index (χ1) is 14.6. The molecule has 1 unspecified atom stereocenters. The maximum Gasteiger partial charge on any atom is 0.255 e. The van der Waals surface area contributed by atoms with Crippen molar-refractivity contribution in [1.82, 2.24) is 15.1 Å². The molecule has 1 fully saturated rings. The summed E-state index contributed by atoms with van der Waals surface area (Å²) >= 11 is 0. The number of halogens is 1. The fourth-order valence-electron chi connectivity index (χ4n) is 3.97. The lowest BCUT2D eigenvalue weighted by Gasteiger charge is -2.35. The van der Waals surface area contributed by atoms with Crippen molar-refractivity contribution in [2.75, 3.05) is 25.1 Å². The molecular formula is C23H25FN4O2. The standard InChI is InChI=1S/C23H25FN4O2/c1-16-18(14-25-28(16)20-10-4-3-9-19(20)24)23(29)26-17-8-7-13-27(15-17)21-11-5-6-12-22(21)30-2/h3-6,9-12,14,17H,7-8,13,15H2,1-2H3,(H,26,29). The number of ether oxygens (including phenoxy) is 1. The van der Waals surface area contributed by atoms with Gasteiger partial charge in [-0.3, -0.25) is 4.79 Å². The van der Waals surface area contributed by atoms with Gasteiger partial charge in [0.1, 0.15) is 17.3 Å². The van der Waals surface area contributed by atoms with E-state index in [4.69, 9.17) is 4.74 Å². The third-order valence-corrected chi connectivity index (χ3v) is 5.52. The first kappa shape index (κ1) is 19.9. The van der Waals surface area contributed by atoms with Crippen LogP contribution >= 0.6 is 0 Å². The summed E-state index contributed by atoms with van der Waals surface area (Å²) in [5, 5.41) is 7.36.